The van der Waals surface area contributed by atoms with Gasteiger partial charge in [0.05, 0.1) is 0 Å². The Bertz CT molecular complexity index is 267. The molecule has 2 saturated heterocycles. The molecule has 3 atom stereocenters. The molecule has 0 aromatic carbocycles. The number of nitrogens with zero attached hydrogens (tertiary/aromatic N) is 2. The van der Waals surface area contributed by atoms with Crippen molar-refractivity contribution in [1.82, 2.24) is 9.80 Å². The molecule has 2 heterocycles. The largest absolute Gasteiger partial charge is 0.342 e. The molecule has 0 N–H and O–H groups in total. The lowest BCUT2D eigenvalue weighted by Gasteiger charge is -2.26. The van der Waals surface area contributed by atoms with Gasteiger partial charge in [-0.05, 0) is 31.7 Å². The third-order valence-electron chi connectivity index (χ3n) is 4.32. The highest BCUT2D eigenvalue weighted by Crippen LogP contribution is 2.36. The number of likely N-dealkylation sites (tertiary alicyclic amines) is 2. The van der Waals surface area contributed by atoms with Gasteiger partial charge in [0.25, 0.3) is 0 Å². The van der Waals surface area contributed by atoms with Crippen molar-refractivity contribution in [2.24, 2.45) is 11.8 Å². The molecule has 1 amide bonds. The van der Waals surface area contributed by atoms with Gasteiger partial charge >= 0.3 is 0 Å². The van der Waals surface area contributed by atoms with Crippen LogP contribution < -0.4 is 0 Å². The molecule has 0 unspecified atom stereocenters. The van der Waals surface area contributed by atoms with E-state index in [1.54, 1.807) is 0 Å². The Hall–Kier alpha value is -0.570. The van der Waals surface area contributed by atoms with E-state index in [4.69, 9.17) is 0 Å². The third-order valence-corrected chi connectivity index (χ3v) is 4.32. The summed E-state index contributed by atoms with van der Waals surface area (Å²) in [4.78, 5) is 16.4. The van der Waals surface area contributed by atoms with Crippen LogP contribution >= 0.6 is 0 Å². The minimum absolute atomic E-state index is 0.337. The summed E-state index contributed by atoms with van der Waals surface area (Å²) in [5.74, 6) is 1.79. The third kappa shape index (κ3) is 1.97. The second-order valence-corrected chi connectivity index (χ2v) is 5.31. The van der Waals surface area contributed by atoms with E-state index < -0.39 is 0 Å². The van der Waals surface area contributed by atoms with Gasteiger partial charge in [-0.25, -0.2) is 0 Å². The van der Waals surface area contributed by atoms with Gasteiger partial charge in [-0.3, -0.25) is 9.69 Å². The maximum Gasteiger partial charge on any atom is 0.222 e. The Kier molecular flexibility index (Phi) is 3.53. The van der Waals surface area contributed by atoms with Crippen molar-refractivity contribution in [1.29, 1.82) is 0 Å². The van der Waals surface area contributed by atoms with Crippen LogP contribution in [0.3, 0.4) is 0 Å². The van der Waals surface area contributed by atoms with Gasteiger partial charge < -0.3 is 4.90 Å². The second kappa shape index (κ2) is 4.74. The van der Waals surface area contributed by atoms with E-state index >= 15 is 0 Å². The van der Waals surface area contributed by atoms with Crippen LogP contribution in [0.25, 0.3) is 0 Å². The molecule has 0 aliphatic carbocycles. The van der Waals surface area contributed by atoms with E-state index in [-0.39, 0.29) is 0 Å². The van der Waals surface area contributed by atoms with Crippen LogP contribution in [-0.4, -0.2) is 47.9 Å². The summed E-state index contributed by atoms with van der Waals surface area (Å²) in [7, 11) is 0. The Morgan fingerprint density at radius 3 is 2.56 bits per heavy atom. The average molecular weight is 224 g/mol. The Morgan fingerprint density at radius 2 is 2.00 bits per heavy atom. The number of fused-ring (bicyclic) bond motifs is 1. The molecule has 0 saturated carbocycles. The number of amides is 1. The molecule has 16 heavy (non-hydrogen) atoms. The van der Waals surface area contributed by atoms with E-state index in [2.05, 4.69) is 23.6 Å². The topological polar surface area (TPSA) is 23.6 Å². The van der Waals surface area contributed by atoms with Crippen LogP contribution in [0.4, 0.5) is 0 Å². The smallest absolute Gasteiger partial charge is 0.222 e. The van der Waals surface area contributed by atoms with Crippen molar-refractivity contribution in [2.75, 3.05) is 26.2 Å². The molecule has 0 radical (unpaired) electrons. The number of carbonyl (C=O) groups is 1. The Labute approximate surface area is 98.8 Å². The molecule has 0 aromatic heterocycles. The van der Waals surface area contributed by atoms with E-state index in [1.165, 1.54) is 19.5 Å². The quantitative estimate of drug-likeness (QED) is 0.727. The Morgan fingerprint density at radius 1 is 1.25 bits per heavy atom. The molecule has 0 spiro atoms. The zero-order valence-corrected chi connectivity index (χ0v) is 10.8. The highest BCUT2D eigenvalue weighted by molar-refractivity contribution is 5.76. The molecule has 2 fully saturated rings. The van der Waals surface area contributed by atoms with Crippen LogP contribution in [0, 0.1) is 11.8 Å². The summed E-state index contributed by atoms with van der Waals surface area (Å²) in [6.45, 7) is 11.0. The fraction of sp³-hybridized carbons (Fsp3) is 0.923. The van der Waals surface area contributed by atoms with E-state index in [1.807, 2.05) is 6.92 Å². The molecule has 0 aromatic rings. The second-order valence-electron chi connectivity index (χ2n) is 5.31. The summed E-state index contributed by atoms with van der Waals surface area (Å²) in [6.07, 6.45) is 1.90. The van der Waals surface area contributed by atoms with Crippen molar-refractivity contribution in [3.63, 3.8) is 0 Å². The zero-order valence-electron chi connectivity index (χ0n) is 10.8. The van der Waals surface area contributed by atoms with Crippen LogP contribution in [0.5, 0.6) is 0 Å². The first-order chi connectivity index (χ1) is 7.67. The van der Waals surface area contributed by atoms with E-state index in [0.717, 1.165) is 24.9 Å². The van der Waals surface area contributed by atoms with Crippen LogP contribution in [0.2, 0.25) is 0 Å². The van der Waals surface area contributed by atoms with Gasteiger partial charge in [0.2, 0.25) is 5.91 Å². The summed E-state index contributed by atoms with van der Waals surface area (Å²) in [6, 6.07) is 0.666. The first-order valence-corrected chi connectivity index (χ1v) is 6.69. The van der Waals surface area contributed by atoms with Crippen LogP contribution in [0.15, 0.2) is 0 Å². The maximum atomic E-state index is 11.7. The molecule has 92 valence electrons. The summed E-state index contributed by atoms with van der Waals surface area (Å²) >= 11 is 0. The fourth-order valence-corrected chi connectivity index (χ4v) is 3.38. The number of hydrogen-bond acceptors (Lipinski definition) is 2. The van der Waals surface area contributed by atoms with E-state index in [9.17, 15) is 4.79 Å². The highest BCUT2D eigenvalue weighted by atomic mass is 16.2. The maximum absolute atomic E-state index is 11.7. The van der Waals surface area contributed by atoms with Crippen LogP contribution in [0.1, 0.15) is 33.6 Å². The average Bonchev–Trinajstić information content (AvgIpc) is 2.80. The van der Waals surface area contributed by atoms with Crippen molar-refractivity contribution in [2.45, 2.75) is 39.7 Å². The predicted octanol–water partition coefficient (Wildman–Crippen LogP) is 1.59. The van der Waals surface area contributed by atoms with Gasteiger partial charge in [-0.1, -0.05) is 13.8 Å². The molecule has 2 aliphatic heterocycles. The van der Waals surface area contributed by atoms with Gasteiger partial charge in [0.1, 0.15) is 0 Å². The molecule has 3 heteroatoms. The molecule has 0 bridgehead atoms. The number of hydrogen-bond donors (Lipinski definition) is 0. The Balaban J connectivity index is 1.94. The van der Waals surface area contributed by atoms with Gasteiger partial charge in [0.15, 0.2) is 0 Å². The van der Waals surface area contributed by atoms with Crippen molar-refractivity contribution >= 4 is 5.91 Å². The molecular weight excluding hydrogens is 200 g/mol. The standard InChI is InChI=1S/C13H24N2O/c1-4-6-14-7-11-8-15(13(16)5-2)9-12(11)10(14)3/h10-12H,4-9H2,1-3H3/t10-,11+,12+/m0/s1. The molecule has 2 rings (SSSR count). The summed E-state index contributed by atoms with van der Waals surface area (Å²) < 4.78 is 0. The number of rotatable bonds is 3. The zero-order chi connectivity index (χ0) is 11.7. The summed E-state index contributed by atoms with van der Waals surface area (Å²) in [5.41, 5.74) is 0. The monoisotopic (exact) mass is 224 g/mol. The summed E-state index contributed by atoms with van der Waals surface area (Å²) in [5, 5.41) is 0. The van der Waals surface area contributed by atoms with Crippen LogP contribution in [-0.2, 0) is 4.79 Å². The fourth-order valence-electron chi connectivity index (χ4n) is 3.38. The molecular formula is C13H24N2O. The van der Waals surface area contributed by atoms with Gasteiger partial charge in [0, 0.05) is 32.1 Å². The van der Waals surface area contributed by atoms with Gasteiger partial charge in [-0.15, -0.1) is 0 Å². The SMILES string of the molecule is CCCN1C[C@@H]2CN(C(=O)CC)C[C@@H]2[C@@H]1C. The predicted molar refractivity (Wildman–Crippen MR) is 65.2 cm³/mol. The van der Waals surface area contributed by atoms with Crippen molar-refractivity contribution in [3.05, 3.63) is 0 Å². The highest BCUT2D eigenvalue weighted by Gasteiger charge is 2.45. The lowest BCUT2D eigenvalue weighted by molar-refractivity contribution is -0.130. The van der Waals surface area contributed by atoms with Crippen molar-refractivity contribution < 1.29 is 4.79 Å². The van der Waals surface area contributed by atoms with Gasteiger partial charge in [-0.2, -0.15) is 0 Å². The normalized spacial score (nSPS) is 34.4. The molecule has 3 nitrogen and oxygen atoms in total. The molecule has 2 aliphatic rings. The minimum atomic E-state index is 0.337. The first-order valence-electron chi connectivity index (χ1n) is 6.69. The number of carbonyl (C=O) groups excluding carboxylic acids is 1. The van der Waals surface area contributed by atoms with E-state index in [0.29, 0.717) is 18.4 Å². The first kappa shape index (κ1) is 11.9. The van der Waals surface area contributed by atoms with Crippen molar-refractivity contribution in [3.8, 4) is 0 Å². The minimum Gasteiger partial charge on any atom is -0.342 e. The lowest BCUT2D eigenvalue weighted by Crippen LogP contribution is -2.37. The lowest BCUT2D eigenvalue weighted by atomic mass is 9.95.